The lowest BCUT2D eigenvalue weighted by Gasteiger charge is -2.02. The highest BCUT2D eigenvalue weighted by Gasteiger charge is 2.05. The van der Waals surface area contributed by atoms with Crippen LogP contribution in [0.2, 0.25) is 0 Å². The van der Waals surface area contributed by atoms with Crippen molar-refractivity contribution in [1.82, 2.24) is 0 Å². The second-order valence-electron chi connectivity index (χ2n) is 4.15. The number of aliphatic hydroxyl groups is 1. The molecule has 0 bridgehead atoms. The molecular weight excluding hydrogens is 260 g/mol. The van der Waals surface area contributed by atoms with Gasteiger partial charge in [0.1, 0.15) is 5.75 Å². The second-order valence-corrected chi connectivity index (χ2v) is 4.15. The van der Waals surface area contributed by atoms with E-state index in [-0.39, 0.29) is 37.0 Å². The molecule has 1 aromatic rings. The van der Waals surface area contributed by atoms with Crippen LogP contribution in [0, 0.1) is 0 Å². The molecule has 1 aromatic carbocycles. The van der Waals surface area contributed by atoms with Gasteiger partial charge in [0.25, 0.3) is 0 Å². The van der Waals surface area contributed by atoms with Crippen LogP contribution >= 0.6 is 0 Å². The Balaban J connectivity index is 2.55. The molecular formula is C15H18O5. The summed E-state index contributed by atoms with van der Waals surface area (Å²) in [6, 6.07) is 4.67. The number of allylic oxidation sites excluding steroid dienone is 1. The molecule has 0 aliphatic carbocycles. The van der Waals surface area contributed by atoms with Crippen LogP contribution in [0.15, 0.2) is 24.3 Å². The highest BCUT2D eigenvalue weighted by molar-refractivity contribution is 5.95. The number of aliphatic hydroxyl groups excluding tert-OH is 1. The minimum Gasteiger partial charge on any atom is -0.508 e. The van der Waals surface area contributed by atoms with E-state index in [2.05, 4.69) is 0 Å². The quantitative estimate of drug-likeness (QED) is 0.587. The van der Waals surface area contributed by atoms with Gasteiger partial charge in [-0.1, -0.05) is 12.1 Å². The van der Waals surface area contributed by atoms with Crippen molar-refractivity contribution in [2.45, 2.75) is 26.4 Å². The monoisotopic (exact) mass is 278 g/mol. The third-order valence-corrected chi connectivity index (χ3v) is 2.62. The first-order chi connectivity index (χ1) is 9.56. The molecule has 5 heteroatoms. The fourth-order valence-corrected chi connectivity index (χ4v) is 1.57. The maximum absolute atomic E-state index is 11.6. The Morgan fingerprint density at radius 3 is 2.70 bits per heavy atom. The Morgan fingerprint density at radius 2 is 2.05 bits per heavy atom. The highest BCUT2D eigenvalue weighted by atomic mass is 16.5. The number of hydrogen-bond acceptors (Lipinski definition) is 5. The minimum atomic E-state index is -0.388. The summed E-state index contributed by atoms with van der Waals surface area (Å²) in [6.07, 6.45) is 3.10. The highest BCUT2D eigenvalue weighted by Crippen LogP contribution is 2.19. The summed E-state index contributed by atoms with van der Waals surface area (Å²) in [5, 5.41) is 18.4. The molecule has 1 rings (SSSR count). The lowest BCUT2D eigenvalue weighted by atomic mass is 10.1. The van der Waals surface area contributed by atoms with Crippen molar-refractivity contribution < 1.29 is 24.5 Å². The van der Waals surface area contributed by atoms with E-state index >= 15 is 0 Å². The van der Waals surface area contributed by atoms with Crippen molar-refractivity contribution in [3.63, 3.8) is 0 Å². The number of esters is 1. The average molecular weight is 278 g/mol. The fourth-order valence-electron chi connectivity index (χ4n) is 1.57. The van der Waals surface area contributed by atoms with Crippen LogP contribution in [0.3, 0.4) is 0 Å². The van der Waals surface area contributed by atoms with Crippen molar-refractivity contribution >= 4 is 17.8 Å². The smallest absolute Gasteiger partial charge is 0.306 e. The van der Waals surface area contributed by atoms with E-state index in [0.717, 1.165) is 0 Å². The number of rotatable bonds is 7. The number of phenols is 1. The topological polar surface area (TPSA) is 83.8 Å². The Hall–Kier alpha value is -2.14. The van der Waals surface area contributed by atoms with Gasteiger partial charge < -0.3 is 14.9 Å². The van der Waals surface area contributed by atoms with E-state index in [9.17, 15) is 14.7 Å². The van der Waals surface area contributed by atoms with Crippen LogP contribution in [-0.2, 0) is 20.9 Å². The fraction of sp³-hybridized carbons (Fsp3) is 0.333. The van der Waals surface area contributed by atoms with Crippen LogP contribution in [0.4, 0.5) is 0 Å². The van der Waals surface area contributed by atoms with Crippen LogP contribution < -0.4 is 0 Å². The van der Waals surface area contributed by atoms with Gasteiger partial charge in [-0.2, -0.15) is 0 Å². The van der Waals surface area contributed by atoms with Crippen molar-refractivity contribution in [2.24, 2.45) is 0 Å². The maximum atomic E-state index is 11.6. The number of ketones is 1. The minimum absolute atomic E-state index is 0.0123. The van der Waals surface area contributed by atoms with Crippen molar-refractivity contribution in [2.75, 3.05) is 6.61 Å². The van der Waals surface area contributed by atoms with Crippen LogP contribution in [0.25, 0.3) is 6.08 Å². The van der Waals surface area contributed by atoms with Gasteiger partial charge in [0.15, 0.2) is 5.78 Å². The van der Waals surface area contributed by atoms with Crippen LogP contribution in [0.1, 0.15) is 30.9 Å². The van der Waals surface area contributed by atoms with Gasteiger partial charge in [0, 0.05) is 12.0 Å². The van der Waals surface area contributed by atoms with E-state index in [4.69, 9.17) is 9.84 Å². The molecule has 0 heterocycles. The van der Waals surface area contributed by atoms with E-state index in [1.54, 1.807) is 25.1 Å². The van der Waals surface area contributed by atoms with Gasteiger partial charge in [0.2, 0.25) is 0 Å². The Morgan fingerprint density at radius 1 is 1.30 bits per heavy atom. The van der Waals surface area contributed by atoms with Crippen LogP contribution in [0.5, 0.6) is 5.75 Å². The van der Waals surface area contributed by atoms with Crippen LogP contribution in [-0.4, -0.2) is 28.6 Å². The molecule has 0 saturated heterocycles. The number of carbonyl (C=O) groups is 2. The number of carbonyl (C=O) groups excluding carboxylic acids is 2. The molecule has 108 valence electrons. The van der Waals surface area contributed by atoms with E-state index < -0.39 is 0 Å². The predicted octanol–water partition coefficient (Wildman–Crippen LogP) is 1.81. The van der Waals surface area contributed by atoms with Gasteiger partial charge in [-0.05, 0) is 30.7 Å². The summed E-state index contributed by atoms with van der Waals surface area (Å²) in [6.45, 7) is 1.74. The zero-order valence-electron chi connectivity index (χ0n) is 11.3. The third-order valence-electron chi connectivity index (χ3n) is 2.62. The summed E-state index contributed by atoms with van der Waals surface area (Å²) in [5.74, 6) is -0.559. The average Bonchev–Trinajstić information content (AvgIpc) is 2.44. The van der Waals surface area contributed by atoms with Gasteiger partial charge >= 0.3 is 5.97 Å². The number of aromatic hydroxyl groups is 1. The molecule has 0 amide bonds. The molecule has 0 unspecified atom stereocenters. The first-order valence-corrected chi connectivity index (χ1v) is 6.36. The van der Waals surface area contributed by atoms with Gasteiger partial charge in [-0.3, -0.25) is 9.59 Å². The molecule has 5 nitrogen and oxygen atoms in total. The Bertz CT molecular complexity index is 505. The maximum Gasteiger partial charge on any atom is 0.306 e. The largest absolute Gasteiger partial charge is 0.508 e. The Labute approximate surface area is 117 Å². The molecule has 0 aliphatic rings. The van der Waals surface area contributed by atoms with E-state index in [0.29, 0.717) is 17.7 Å². The molecule has 2 N–H and O–H groups in total. The van der Waals surface area contributed by atoms with E-state index in [1.165, 1.54) is 12.1 Å². The normalized spacial score (nSPS) is 10.7. The number of hydrogen-bond donors (Lipinski definition) is 2. The van der Waals surface area contributed by atoms with E-state index in [1.807, 2.05) is 0 Å². The summed E-state index contributed by atoms with van der Waals surface area (Å²) in [4.78, 5) is 22.6. The molecule has 0 aliphatic heterocycles. The standard InChI is InChI=1S/C15H18O5/c1-2-20-15(19)8-6-13(17)5-3-11-4-7-14(18)12(9-11)10-16/h3-5,7,9,16,18H,2,6,8,10H2,1H3/b5-3+. The van der Waals surface area contributed by atoms with Crippen molar-refractivity contribution in [1.29, 1.82) is 0 Å². The SMILES string of the molecule is CCOC(=O)CCC(=O)/C=C/c1ccc(O)c(CO)c1. The first-order valence-electron chi connectivity index (χ1n) is 6.36. The second kappa shape index (κ2) is 8.12. The lowest BCUT2D eigenvalue weighted by Crippen LogP contribution is -2.06. The van der Waals surface area contributed by atoms with Gasteiger partial charge in [0.05, 0.1) is 19.6 Å². The molecule has 0 radical (unpaired) electrons. The zero-order chi connectivity index (χ0) is 15.0. The summed E-state index contributed by atoms with van der Waals surface area (Å²) in [5.41, 5.74) is 1.09. The predicted molar refractivity (Wildman–Crippen MR) is 73.9 cm³/mol. The number of benzene rings is 1. The summed E-state index contributed by atoms with van der Waals surface area (Å²) < 4.78 is 4.73. The molecule has 0 saturated carbocycles. The number of ether oxygens (including phenoxy) is 1. The van der Waals surface area contributed by atoms with Crippen molar-refractivity contribution in [3.8, 4) is 5.75 Å². The lowest BCUT2D eigenvalue weighted by molar-refractivity contribution is -0.144. The molecule has 0 atom stereocenters. The molecule has 0 spiro atoms. The summed E-state index contributed by atoms with van der Waals surface area (Å²) >= 11 is 0. The molecule has 0 aromatic heterocycles. The first kappa shape index (κ1) is 15.9. The molecule has 0 fully saturated rings. The zero-order valence-corrected chi connectivity index (χ0v) is 11.3. The van der Waals surface area contributed by atoms with Gasteiger partial charge in [-0.15, -0.1) is 0 Å². The Kier molecular flexibility index (Phi) is 6.46. The van der Waals surface area contributed by atoms with Gasteiger partial charge in [-0.25, -0.2) is 0 Å². The third kappa shape index (κ3) is 5.24. The molecule has 20 heavy (non-hydrogen) atoms. The van der Waals surface area contributed by atoms with Crippen molar-refractivity contribution in [3.05, 3.63) is 35.4 Å². The summed E-state index contributed by atoms with van der Waals surface area (Å²) in [7, 11) is 0.